The minimum atomic E-state index is -3.08. The number of piperidine rings is 1. The minimum absolute atomic E-state index is 0.311. The van der Waals surface area contributed by atoms with E-state index in [0.717, 1.165) is 12.8 Å². The van der Waals surface area contributed by atoms with Crippen LogP contribution in [0.25, 0.3) is 0 Å². The molecule has 0 saturated carbocycles. The number of hydrogen-bond acceptors (Lipinski definition) is 4. The van der Waals surface area contributed by atoms with Gasteiger partial charge in [-0.15, -0.1) is 0 Å². The number of rotatable bonds is 3. The van der Waals surface area contributed by atoms with Crippen LogP contribution < -0.4 is 5.32 Å². The monoisotopic (exact) mass is 292 g/mol. The maximum atomic E-state index is 11.5. The fraction of sp³-hybridized carbons (Fsp3) is 0.917. The standard InChI is InChI=1S/C12H24N2O4S/c1-12(2,3)18-11(15)13-9-10-5-7-14(8-6-10)19(4,16)17/h10H,5-9H2,1-4H3,(H,13,15). The van der Waals surface area contributed by atoms with Gasteiger partial charge >= 0.3 is 6.09 Å². The molecule has 112 valence electrons. The van der Waals surface area contributed by atoms with E-state index in [4.69, 9.17) is 4.74 Å². The van der Waals surface area contributed by atoms with Gasteiger partial charge in [-0.3, -0.25) is 0 Å². The molecule has 1 saturated heterocycles. The van der Waals surface area contributed by atoms with Gasteiger partial charge in [0.2, 0.25) is 10.0 Å². The molecule has 0 unspecified atom stereocenters. The molecule has 0 aromatic rings. The molecule has 7 heteroatoms. The van der Waals surface area contributed by atoms with Crippen LogP contribution in [0.1, 0.15) is 33.6 Å². The van der Waals surface area contributed by atoms with E-state index >= 15 is 0 Å². The fourth-order valence-electron chi connectivity index (χ4n) is 1.99. The summed E-state index contributed by atoms with van der Waals surface area (Å²) in [6, 6.07) is 0. The van der Waals surface area contributed by atoms with Crippen molar-refractivity contribution in [3.63, 3.8) is 0 Å². The molecule has 1 N–H and O–H groups in total. The van der Waals surface area contributed by atoms with Gasteiger partial charge in [-0.1, -0.05) is 0 Å². The number of amides is 1. The van der Waals surface area contributed by atoms with Crippen LogP contribution in [0.15, 0.2) is 0 Å². The van der Waals surface area contributed by atoms with Crippen molar-refractivity contribution in [3.8, 4) is 0 Å². The highest BCUT2D eigenvalue weighted by molar-refractivity contribution is 7.88. The third-order valence-corrected chi connectivity index (χ3v) is 4.28. The van der Waals surface area contributed by atoms with Crippen molar-refractivity contribution in [3.05, 3.63) is 0 Å². The van der Waals surface area contributed by atoms with E-state index in [1.54, 1.807) is 0 Å². The summed E-state index contributed by atoms with van der Waals surface area (Å²) in [5.41, 5.74) is -0.496. The molecular formula is C12H24N2O4S. The van der Waals surface area contributed by atoms with Gasteiger partial charge in [-0.25, -0.2) is 17.5 Å². The molecule has 0 atom stereocenters. The first-order valence-electron chi connectivity index (χ1n) is 6.50. The SMILES string of the molecule is CC(C)(C)OC(=O)NCC1CCN(S(C)(=O)=O)CC1. The lowest BCUT2D eigenvalue weighted by atomic mass is 9.98. The van der Waals surface area contributed by atoms with Crippen LogP contribution in [0.5, 0.6) is 0 Å². The van der Waals surface area contributed by atoms with Crippen molar-refractivity contribution in [2.24, 2.45) is 5.92 Å². The van der Waals surface area contributed by atoms with Gasteiger partial charge < -0.3 is 10.1 Å². The molecule has 19 heavy (non-hydrogen) atoms. The number of nitrogens with zero attached hydrogens (tertiary/aromatic N) is 1. The van der Waals surface area contributed by atoms with Crippen LogP contribution in [-0.4, -0.2) is 50.3 Å². The Morgan fingerprint density at radius 2 is 1.84 bits per heavy atom. The Kier molecular flexibility index (Phi) is 5.20. The Morgan fingerprint density at radius 1 is 1.32 bits per heavy atom. The predicted molar refractivity (Wildman–Crippen MR) is 73.4 cm³/mol. The predicted octanol–water partition coefficient (Wildman–Crippen LogP) is 1.18. The van der Waals surface area contributed by atoms with Crippen molar-refractivity contribution in [2.45, 2.75) is 39.2 Å². The Morgan fingerprint density at radius 3 is 2.26 bits per heavy atom. The molecule has 1 heterocycles. The molecule has 1 aliphatic heterocycles. The summed E-state index contributed by atoms with van der Waals surface area (Å²) in [6.45, 7) is 7.04. The molecule has 1 fully saturated rings. The molecule has 0 aromatic carbocycles. The molecule has 0 radical (unpaired) electrons. The first-order valence-corrected chi connectivity index (χ1v) is 8.35. The van der Waals surface area contributed by atoms with Gasteiger partial charge in [-0.2, -0.15) is 0 Å². The molecule has 1 aliphatic rings. The van der Waals surface area contributed by atoms with Gasteiger partial charge in [0.1, 0.15) is 5.60 Å². The average Bonchev–Trinajstić information content (AvgIpc) is 2.23. The maximum Gasteiger partial charge on any atom is 0.407 e. The van der Waals surface area contributed by atoms with Crippen LogP contribution in [-0.2, 0) is 14.8 Å². The maximum absolute atomic E-state index is 11.5. The Balaban J connectivity index is 2.29. The highest BCUT2D eigenvalue weighted by atomic mass is 32.2. The molecule has 0 bridgehead atoms. The quantitative estimate of drug-likeness (QED) is 0.847. The zero-order valence-corrected chi connectivity index (χ0v) is 12.9. The molecule has 0 aliphatic carbocycles. The van der Waals surface area contributed by atoms with E-state index in [1.807, 2.05) is 20.8 Å². The number of hydrogen-bond donors (Lipinski definition) is 1. The summed E-state index contributed by atoms with van der Waals surface area (Å²) in [6.07, 6.45) is 2.34. The number of carbonyl (C=O) groups excluding carboxylic acids is 1. The highest BCUT2D eigenvalue weighted by Crippen LogP contribution is 2.18. The third kappa shape index (κ3) is 6.24. The van der Waals surface area contributed by atoms with Crippen molar-refractivity contribution in [1.82, 2.24) is 9.62 Å². The smallest absolute Gasteiger partial charge is 0.407 e. The second-order valence-electron chi connectivity index (χ2n) is 5.99. The largest absolute Gasteiger partial charge is 0.444 e. The second-order valence-corrected chi connectivity index (χ2v) is 7.97. The van der Waals surface area contributed by atoms with Crippen LogP contribution in [0.4, 0.5) is 4.79 Å². The molecule has 0 spiro atoms. The number of sulfonamides is 1. The van der Waals surface area contributed by atoms with E-state index in [1.165, 1.54) is 10.6 Å². The van der Waals surface area contributed by atoms with Gasteiger partial charge in [0.25, 0.3) is 0 Å². The van der Waals surface area contributed by atoms with Gasteiger partial charge in [0.15, 0.2) is 0 Å². The summed E-state index contributed by atoms with van der Waals surface area (Å²) >= 11 is 0. The normalized spacial score (nSPS) is 19.2. The minimum Gasteiger partial charge on any atom is -0.444 e. The number of ether oxygens (including phenoxy) is 1. The number of nitrogens with one attached hydrogen (secondary N) is 1. The van der Waals surface area contributed by atoms with Crippen molar-refractivity contribution in [1.29, 1.82) is 0 Å². The number of alkyl carbamates (subject to hydrolysis) is 1. The van der Waals surface area contributed by atoms with E-state index in [2.05, 4.69) is 5.32 Å². The van der Waals surface area contributed by atoms with Gasteiger partial charge in [0.05, 0.1) is 6.26 Å². The number of carbonyl (C=O) groups is 1. The zero-order valence-electron chi connectivity index (χ0n) is 12.1. The van der Waals surface area contributed by atoms with Gasteiger partial charge in [-0.05, 0) is 39.5 Å². The summed E-state index contributed by atoms with van der Waals surface area (Å²) in [5.74, 6) is 0.311. The van der Waals surface area contributed by atoms with E-state index in [0.29, 0.717) is 25.6 Å². The van der Waals surface area contributed by atoms with E-state index in [9.17, 15) is 13.2 Å². The highest BCUT2D eigenvalue weighted by Gasteiger charge is 2.25. The summed E-state index contributed by atoms with van der Waals surface area (Å²) in [5, 5.41) is 2.73. The Bertz CT molecular complexity index is 406. The van der Waals surface area contributed by atoms with Crippen molar-refractivity contribution in [2.75, 3.05) is 25.9 Å². The summed E-state index contributed by atoms with van der Waals surface area (Å²) in [4.78, 5) is 11.5. The average molecular weight is 292 g/mol. The van der Waals surface area contributed by atoms with Crippen molar-refractivity contribution < 1.29 is 17.9 Å². The van der Waals surface area contributed by atoms with E-state index in [-0.39, 0.29) is 0 Å². The molecule has 6 nitrogen and oxygen atoms in total. The first kappa shape index (κ1) is 16.2. The van der Waals surface area contributed by atoms with Crippen LogP contribution >= 0.6 is 0 Å². The third-order valence-electron chi connectivity index (χ3n) is 2.98. The van der Waals surface area contributed by atoms with Crippen LogP contribution in [0.3, 0.4) is 0 Å². The lowest BCUT2D eigenvalue weighted by Gasteiger charge is -2.30. The fourth-order valence-corrected chi connectivity index (χ4v) is 2.86. The zero-order chi connectivity index (χ0) is 14.7. The molecule has 0 aromatic heterocycles. The summed E-state index contributed by atoms with van der Waals surface area (Å²) in [7, 11) is -3.08. The molecular weight excluding hydrogens is 268 g/mol. The lowest BCUT2D eigenvalue weighted by molar-refractivity contribution is 0.0513. The van der Waals surface area contributed by atoms with Crippen molar-refractivity contribution >= 4 is 16.1 Å². The topological polar surface area (TPSA) is 75.7 Å². The van der Waals surface area contributed by atoms with E-state index < -0.39 is 21.7 Å². The van der Waals surface area contributed by atoms with Crippen LogP contribution in [0.2, 0.25) is 0 Å². The van der Waals surface area contributed by atoms with Gasteiger partial charge in [0, 0.05) is 19.6 Å². The Labute approximate surface area is 115 Å². The first-order chi connectivity index (χ1) is 8.58. The molecule has 1 amide bonds. The Hall–Kier alpha value is -0.820. The lowest BCUT2D eigenvalue weighted by Crippen LogP contribution is -2.42. The van der Waals surface area contributed by atoms with Crippen LogP contribution in [0, 0.1) is 5.92 Å². The molecule has 1 rings (SSSR count). The summed E-state index contributed by atoms with van der Waals surface area (Å²) < 4.78 is 29.3. The second kappa shape index (κ2) is 6.09.